The molecule has 5 heteroatoms. The topological polar surface area (TPSA) is 48.0 Å². The van der Waals surface area contributed by atoms with Crippen molar-refractivity contribution >= 4 is 5.97 Å². The molecule has 2 rings (SSSR count). The minimum atomic E-state index is -0.292. The van der Waals surface area contributed by atoms with Gasteiger partial charge in [-0.25, -0.2) is 0 Å². The lowest BCUT2D eigenvalue weighted by molar-refractivity contribution is -0.157. The number of carbonyl (C=O) groups is 1. The van der Waals surface area contributed by atoms with E-state index in [2.05, 4.69) is 4.90 Å². The van der Waals surface area contributed by atoms with E-state index in [4.69, 9.17) is 14.2 Å². The van der Waals surface area contributed by atoms with Gasteiger partial charge in [-0.1, -0.05) is 19.1 Å². The van der Waals surface area contributed by atoms with Crippen LogP contribution in [0.15, 0.2) is 24.3 Å². The molecule has 0 amide bonds. The molecule has 1 aromatic carbocycles. The molecule has 0 saturated carbocycles. The van der Waals surface area contributed by atoms with Gasteiger partial charge in [0.15, 0.2) is 0 Å². The summed E-state index contributed by atoms with van der Waals surface area (Å²) in [6.07, 6.45) is 0. The fraction of sp³-hybridized carbons (Fsp3) is 0.533. The molecule has 1 aliphatic rings. The minimum Gasteiger partial charge on any atom is -0.497 e. The van der Waals surface area contributed by atoms with Crippen LogP contribution < -0.4 is 4.74 Å². The van der Waals surface area contributed by atoms with Gasteiger partial charge in [-0.2, -0.15) is 0 Å². The monoisotopic (exact) mass is 279 g/mol. The van der Waals surface area contributed by atoms with Gasteiger partial charge in [0.2, 0.25) is 0 Å². The Morgan fingerprint density at radius 3 is 3.10 bits per heavy atom. The van der Waals surface area contributed by atoms with Crippen molar-refractivity contribution in [1.29, 1.82) is 0 Å². The van der Waals surface area contributed by atoms with Gasteiger partial charge in [-0.05, 0) is 24.2 Å². The fourth-order valence-electron chi connectivity index (χ4n) is 2.25. The standard InChI is InChI=1S/C15H21NO4/c1-3-16-7-8-19-11-14(16)15(17)20-10-12-5-4-6-13(9-12)18-2/h4-6,9,14H,3,7-8,10-11H2,1-2H3/t14-/m1/s1. The molecule has 1 fully saturated rings. The predicted octanol–water partition coefficient (Wildman–Crippen LogP) is 1.46. The summed E-state index contributed by atoms with van der Waals surface area (Å²) in [7, 11) is 1.61. The number of rotatable bonds is 5. The number of hydrogen-bond donors (Lipinski definition) is 0. The van der Waals surface area contributed by atoms with E-state index in [1.54, 1.807) is 7.11 Å². The van der Waals surface area contributed by atoms with Gasteiger partial charge in [0.05, 0.1) is 20.3 Å². The van der Waals surface area contributed by atoms with E-state index in [9.17, 15) is 4.79 Å². The largest absolute Gasteiger partial charge is 0.497 e. The Balaban J connectivity index is 1.90. The molecule has 1 saturated heterocycles. The zero-order valence-corrected chi connectivity index (χ0v) is 12.0. The molecular weight excluding hydrogens is 258 g/mol. The summed E-state index contributed by atoms with van der Waals surface area (Å²) in [5.74, 6) is 0.532. The van der Waals surface area contributed by atoms with Gasteiger partial charge in [0.25, 0.3) is 0 Å². The normalized spacial score (nSPS) is 19.6. The Labute approximate surface area is 119 Å². The van der Waals surface area contributed by atoms with Crippen LogP contribution in [-0.4, -0.2) is 50.3 Å². The van der Waals surface area contributed by atoms with Crippen molar-refractivity contribution in [2.24, 2.45) is 0 Å². The van der Waals surface area contributed by atoms with Gasteiger partial charge in [-0.3, -0.25) is 9.69 Å². The number of hydrogen-bond acceptors (Lipinski definition) is 5. The molecule has 1 aliphatic heterocycles. The fourth-order valence-corrected chi connectivity index (χ4v) is 2.25. The Morgan fingerprint density at radius 2 is 2.35 bits per heavy atom. The molecule has 0 spiro atoms. The van der Waals surface area contributed by atoms with E-state index in [-0.39, 0.29) is 18.6 Å². The second-order valence-corrected chi connectivity index (χ2v) is 4.68. The smallest absolute Gasteiger partial charge is 0.326 e. The highest BCUT2D eigenvalue weighted by Gasteiger charge is 2.29. The van der Waals surface area contributed by atoms with Crippen molar-refractivity contribution < 1.29 is 19.0 Å². The van der Waals surface area contributed by atoms with E-state index in [0.29, 0.717) is 13.2 Å². The number of carbonyl (C=O) groups excluding carboxylic acids is 1. The maximum Gasteiger partial charge on any atom is 0.326 e. The molecule has 0 aromatic heterocycles. The zero-order chi connectivity index (χ0) is 14.4. The molecule has 0 unspecified atom stereocenters. The molecule has 1 heterocycles. The molecule has 0 N–H and O–H groups in total. The summed E-state index contributed by atoms with van der Waals surface area (Å²) in [4.78, 5) is 14.2. The first-order valence-corrected chi connectivity index (χ1v) is 6.86. The minimum absolute atomic E-state index is 0.227. The van der Waals surface area contributed by atoms with Gasteiger partial charge in [0, 0.05) is 6.54 Å². The first kappa shape index (κ1) is 14.8. The number of methoxy groups -OCH3 is 1. The van der Waals surface area contributed by atoms with Gasteiger partial charge >= 0.3 is 5.97 Å². The van der Waals surface area contributed by atoms with E-state index < -0.39 is 0 Å². The molecule has 110 valence electrons. The van der Waals surface area contributed by atoms with Crippen molar-refractivity contribution in [1.82, 2.24) is 4.90 Å². The lowest BCUT2D eigenvalue weighted by atomic mass is 10.2. The van der Waals surface area contributed by atoms with Crippen molar-refractivity contribution in [2.45, 2.75) is 19.6 Å². The predicted molar refractivity (Wildman–Crippen MR) is 74.6 cm³/mol. The first-order valence-electron chi connectivity index (χ1n) is 6.86. The molecule has 20 heavy (non-hydrogen) atoms. The number of esters is 1. The van der Waals surface area contributed by atoms with Crippen LogP contribution in [0.25, 0.3) is 0 Å². The maximum absolute atomic E-state index is 12.1. The lowest BCUT2D eigenvalue weighted by Gasteiger charge is -2.32. The summed E-state index contributed by atoms with van der Waals surface area (Å²) < 4.78 is 15.9. The van der Waals surface area contributed by atoms with Crippen LogP contribution in [0.4, 0.5) is 0 Å². The average molecular weight is 279 g/mol. The number of benzene rings is 1. The number of morpholine rings is 1. The second-order valence-electron chi connectivity index (χ2n) is 4.68. The Bertz CT molecular complexity index is 449. The maximum atomic E-state index is 12.1. The van der Waals surface area contributed by atoms with E-state index in [1.807, 2.05) is 31.2 Å². The van der Waals surface area contributed by atoms with Gasteiger partial charge in [-0.15, -0.1) is 0 Å². The Morgan fingerprint density at radius 1 is 1.50 bits per heavy atom. The Kier molecular flexibility index (Phi) is 5.38. The van der Waals surface area contributed by atoms with Crippen LogP contribution in [0.3, 0.4) is 0 Å². The summed E-state index contributed by atoms with van der Waals surface area (Å²) in [5.41, 5.74) is 0.914. The summed E-state index contributed by atoms with van der Waals surface area (Å²) >= 11 is 0. The van der Waals surface area contributed by atoms with Crippen molar-refractivity contribution in [2.75, 3.05) is 33.4 Å². The molecule has 0 bridgehead atoms. The summed E-state index contributed by atoms with van der Waals surface area (Å²) in [6, 6.07) is 7.22. The van der Waals surface area contributed by atoms with E-state index in [1.165, 1.54) is 0 Å². The summed E-state index contributed by atoms with van der Waals surface area (Å²) in [6.45, 7) is 4.97. The van der Waals surface area contributed by atoms with Crippen molar-refractivity contribution in [3.63, 3.8) is 0 Å². The van der Waals surface area contributed by atoms with Crippen LogP contribution in [0.2, 0.25) is 0 Å². The van der Waals surface area contributed by atoms with Crippen LogP contribution in [0, 0.1) is 0 Å². The molecule has 5 nitrogen and oxygen atoms in total. The van der Waals surface area contributed by atoms with E-state index in [0.717, 1.165) is 24.4 Å². The third-order valence-corrected chi connectivity index (χ3v) is 3.43. The molecule has 0 radical (unpaired) electrons. The molecule has 0 aliphatic carbocycles. The highest BCUT2D eigenvalue weighted by Crippen LogP contribution is 2.14. The molecular formula is C15H21NO4. The van der Waals surface area contributed by atoms with Crippen LogP contribution in [-0.2, 0) is 20.9 Å². The highest BCUT2D eigenvalue weighted by molar-refractivity contribution is 5.76. The van der Waals surface area contributed by atoms with Gasteiger partial charge < -0.3 is 14.2 Å². The lowest BCUT2D eigenvalue weighted by Crippen LogP contribution is -2.50. The van der Waals surface area contributed by atoms with Gasteiger partial charge in [0.1, 0.15) is 18.4 Å². The molecule has 1 aromatic rings. The van der Waals surface area contributed by atoms with Crippen molar-refractivity contribution in [3.8, 4) is 5.75 Å². The van der Waals surface area contributed by atoms with Crippen LogP contribution in [0.5, 0.6) is 5.75 Å². The number of nitrogens with zero attached hydrogens (tertiary/aromatic N) is 1. The second kappa shape index (κ2) is 7.26. The Hall–Kier alpha value is -1.59. The van der Waals surface area contributed by atoms with Crippen molar-refractivity contribution in [3.05, 3.63) is 29.8 Å². The molecule has 1 atom stereocenters. The number of likely N-dealkylation sites (N-methyl/N-ethyl adjacent to an activating group) is 1. The third-order valence-electron chi connectivity index (χ3n) is 3.43. The van der Waals surface area contributed by atoms with Crippen LogP contribution >= 0.6 is 0 Å². The SMILES string of the molecule is CCN1CCOC[C@@H]1C(=O)OCc1cccc(OC)c1. The average Bonchev–Trinajstić information content (AvgIpc) is 2.52. The zero-order valence-electron chi connectivity index (χ0n) is 12.0. The number of ether oxygens (including phenoxy) is 3. The van der Waals surface area contributed by atoms with Crippen LogP contribution in [0.1, 0.15) is 12.5 Å². The quantitative estimate of drug-likeness (QED) is 0.764. The summed E-state index contributed by atoms with van der Waals surface area (Å²) in [5, 5.41) is 0. The highest BCUT2D eigenvalue weighted by atomic mass is 16.5. The van der Waals surface area contributed by atoms with E-state index >= 15 is 0 Å². The third kappa shape index (κ3) is 3.71. The first-order chi connectivity index (χ1) is 9.74.